The number of likely N-dealkylation sites (tertiary alicyclic amines) is 1. The van der Waals surface area contributed by atoms with Gasteiger partial charge in [-0.3, -0.25) is 14.4 Å². The van der Waals surface area contributed by atoms with Crippen molar-refractivity contribution < 1.29 is 61.9 Å². The summed E-state index contributed by atoms with van der Waals surface area (Å²) in [4.78, 5) is 47.3. The highest BCUT2D eigenvalue weighted by atomic mass is 19.4. The molecule has 12 nitrogen and oxygen atoms in total. The van der Waals surface area contributed by atoms with E-state index in [-0.39, 0.29) is 36.9 Å². The van der Waals surface area contributed by atoms with Crippen molar-refractivity contribution in [3.05, 3.63) is 35.1 Å². The average molecular weight is 615 g/mol. The van der Waals surface area contributed by atoms with Crippen molar-refractivity contribution in [2.24, 2.45) is 0 Å². The normalized spacial score (nSPS) is 28.0. The molecule has 2 aliphatic heterocycles. The number of aromatic hydroxyl groups is 1. The van der Waals surface area contributed by atoms with Gasteiger partial charge in [0.25, 0.3) is 0 Å². The molecule has 2 heterocycles. The first kappa shape index (κ1) is 32.2. The number of piperidine rings is 1. The lowest BCUT2D eigenvalue weighted by molar-refractivity contribution is -0.175. The second-order valence-electron chi connectivity index (χ2n) is 11.0. The number of phenols is 1. The number of nitrogens with zero attached hydrogens (tertiary/aromatic N) is 1. The third-order valence-corrected chi connectivity index (χ3v) is 8.35. The summed E-state index contributed by atoms with van der Waals surface area (Å²) in [5, 5.41) is 34.3. The molecule has 4 aliphatic rings. The number of alkyl halides is 3. The summed E-state index contributed by atoms with van der Waals surface area (Å²) in [5.74, 6) is -1.64. The van der Waals surface area contributed by atoms with Crippen molar-refractivity contribution in [3.8, 4) is 11.5 Å². The van der Waals surface area contributed by atoms with Crippen LogP contribution in [0, 0.1) is 0 Å². The van der Waals surface area contributed by atoms with Crippen molar-refractivity contribution in [2.75, 3.05) is 20.1 Å². The highest BCUT2D eigenvalue weighted by Gasteiger charge is 2.72. The highest BCUT2D eigenvalue weighted by Crippen LogP contribution is 2.65. The van der Waals surface area contributed by atoms with Gasteiger partial charge >= 0.3 is 18.1 Å². The Hall–Kier alpha value is -3.69. The third kappa shape index (κ3) is 5.80. The molecule has 0 saturated carbocycles. The maximum Gasteiger partial charge on any atom is 0.446 e. The minimum absolute atomic E-state index is 0.0297. The second-order valence-corrected chi connectivity index (χ2v) is 11.0. The number of aliphatic hydroxyl groups excluding tert-OH is 1. The minimum atomic E-state index is -4.64. The Balaban J connectivity index is 0.000000641. The van der Waals surface area contributed by atoms with E-state index in [1.807, 2.05) is 13.1 Å². The summed E-state index contributed by atoms with van der Waals surface area (Å²) in [5.41, 5.74) is -0.293. The van der Waals surface area contributed by atoms with Crippen LogP contribution in [0.5, 0.6) is 11.5 Å². The van der Waals surface area contributed by atoms with E-state index in [9.17, 15) is 42.9 Å². The van der Waals surface area contributed by atoms with E-state index in [1.54, 1.807) is 12.1 Å². The number of amides is 1. The fraction of sp³-hybridized carbons (Fsp3) is 0.571. The summed E-state index contributed by atoms with van der Waals surface area (Å²) in [6.07, 6.45) is -6.10. The topological polar surface area (TPSA) is 172 Å². The van der Waals surface area contributed by atoms with Gasteiger partial charge in [-0.15, -0.1) is 0 Å². The number of rotatable bonds is 7. The lowest BCUT2D eigenvalue weighted by atomic mass is 9.50. The SMILES string of the molecule is C[C@H](O)C(=O)NCCC(=O)O[C@@H](C)C(=O)OC1=CC[C@@]2(O)[C@H]3Cc4ccc(O)c5c4[C@@]2(CCN3C)[C@H]1O5.O=CC(F)(F)F. The molecule has 0 unspecified atom stereocenters. The minimum Gasteiger partial charge on any atom is -0.504 e. The lowest BCUT2D eigenvalue weighted by Gasteiger charge is -2.61. The zero-order valence-corrected chi connectivity index (χ0v) is 23.6. The maximum absolute atomic E-state index is 12.9. The molecular formula is C28H33F3N2O10. The number of aldehydes is 1. The maximum atomic E-state index is 12.9. The van der Waals surface area contributed by atoms with Gasteiger partial charge in [0.1, 0.15) is 11.9 Å². The van der Waals surface area contributed by atoms with Crippen molar-refractivity contribution in [1.82, 2.24) is 10.2 Å². The fourth-order valence-electron chi connectivity index (χ4n) is 6.38. The largest absolute Gasteiger partial charge is 0.504 e. The summed E-state index contributed by atoms with van der Waals surface area (Å²) in [6.45, 7) is 3.33. The number of hydrogen-bond acceptors (Lipinski definition) is 11. The number of carbonyl (C=O) groups is 4. The Kier molecular flexibility index (Phi) is 8.82. The number of ether oxygens (including phenoxy) is 3. The zero-order chi connectivity index (χ0) is 31.9. The number of benzene rings is 1. The summed E-state index contributed by atoms with van der Waals surface area (Å²) in [6, 6.07) is 3.28. The van der Waals surface area contributed by atoms with E-state index in [1.165, 1.54) is 13.8 Å². The molecule has 2 bridgehead atoms. The Morgan fingerprint density at radius 1 is 1.28 bits per heavy atom. The molecular weight excluding hydrogens is 581 g/mol. The van der Waals surface area contributed by atoms with Crippen molar-refractivity contribution in [3.63, 3.8) is 0 Å². The zero-order valence-electron chi connectivity index (χ0n) is 23.6. The van der Waals surface area contributed by atoms with Gasteiger partial charge in [-0.05, 0) is 58.0 Å². The van der Waals surface area contributed by atoms with E-state index >= 15 is 0 Å². The quantitative estimate of drug-likeness (QED) is 0.253. The van der Waals surface area contributed by atoms with Gasteiger partial charge in [-0.1, -0.05) is 6.07 Å². The number of halogens is 3. The molecule has 4 N–H and O–H groups in total. The van der Waals surface area contributed by atoms with Gasteiger partial charge in [0.2, 0.25) is 12.2 Å². The first-order chi connectivity index (χ1) is 20.1. The Bertz CT molecular complexity index is 1330. The van der Waals surface area contributed by atoms with Crippen LogP contribution in [0.2, 0.25) is 0 Å². The van der Waals surface area contributed by atoms with Crippen LogP contribution in [0.15, 0.2) is 24.0 Å². The molecule has 1 fully saturated rings. The number of likely N-dealkylation sites (N-methyl/N-ethyl adjacent to an activating group) is 1. The second kappa shape index (κ2) is 11.8. The predicted octanol–water partition coefficient (Wildman–Crippen LogP) is 0.780. The first-order valence-corrected chi connectivity index (χ1v) is 13.6. The first-order valence-electron chi connectivity index (χ1n) is 13.6. The van der Waals surface area contributed by atoms with E-state index < -0.39 is 59.6 Å². The predicted molar refractivity (Wildman–Crippen MR) is 140 cm³/mol. The highest BCUT2D eigenvalue weighted by molar-refractivity contribution is 5.82. The molecule has 1 aromatic rings. The Morgan fingerprint density at radius 3 is 2.58 bits per heavy atom. The lowest BCUT2D eigenvalue weighted by Crippen LogP contribution is -2.74. The molecule has 0 aromatic heterocycles. The molecule has 2 aliphatic carbocycles. The molecule has 1 saturated heterocycles. The van der Waals surface area contributed by atoms with Crippen LogP contribution >= 0.6 is 0 Å². The van der Waals surface area contributed by atoms with Gasteiger partial charge in [0, 0.05) is 24.6 Å². The Morgan fingerprint density at radius 2 is 1.95 bits per heavy atom. The van der Waals surface area contributed by atoms with Crippen molar-refractivity contribution in [2.45, 2.75) is 81.1 Å². The third-order valence-electron chi connectivity index (χ3n) is 8.35. The van der Waals surface area contributed by atoms with E-state index in [0.29, 0.717) is 25.1 Å². The molecule has 1 spiro atoms. The summed E-state index contributed by atoms with van der Waals surface area (Å²) in [7, 11) is 1.98. The van der Waals surface area contributed by atoms with Crippen LogP contribution in [0.3, 0.4) is 0 Å². The number of phenolic OH excluding ortho intramolecular Hbond substituents is 1. The monoisotopic (exact) mass is 614 g/mol. The molecule has 15 heteroatoms. The van der Waals surface area contributed by atoms with Crippen molar-refractivity contribution >= 4 is 24.1 Å². The smallest absolute Gasteiger partial charge is 0.446 e. The van der Waals surface area contributed by atoms with Crippen LogP contribution in [-0.2, 0) is 40.5 Å². The van der Waals surface area contributed by atoms with Crippen LogP contribution < -0.4 is 10.1 Å². The van der Waals surface area contributed by atoms with Crippen LogP contribution in [0.25, 0.3) is 0 Å². The summed E-state index contributed by atoms with van der Waals surface area (Å²) < 4.78 is 48.3. The fourth-order valence-corrected chi connectivity index (χ4v) is 6.38. The molecule has 43 heavy (non-hydrogen) atoms. The molecule has 236 valence electrons. The van der Waals surface area contributed by atoms with Gasteiger partial charge in [0.15, 0.2) is 23.7 Å². The summed E-state index contributed by atoms with van der Waals surface area (Å²) >= 11 is 0. The van der Waals surface area contributed by atoms with E-state index in [0.717, 1.165) is 11.1 Å². The standard InChI is InChI=1S/C26H32N2O9.C2HF3O/c1-13(29)23(32)27-10-7-19(31)35-14(2)24(33)36-17-6-8-26(34)18-12-15-4-5-16(30)21-20(15)25(26,22(17)37-21)9-11-28(18)3;3-2(4,5)1-6/h4-6,13-14,18,22,29-30,34H,7-12H2,1-3H3,(H,27,32);1H/t13-,14-,18+,22-,25-,26+;/m0./s1. The molecule has 0 radical (unpaired) electrons. The van der Waals surface area contributed by atoms with E-state index in [2.05, 4.69) is 10.2 Å². The van der Waals surface area contributed by atoms with Gasteiger partial charge in [0.05, 0.1) is 17.4 Å². The molecule has 1 aromatic carbocycles. The molecule has 6 atom stereocenters. The van der Waals surface area contributed by atoms with Gasteiger partial charge in [-0.2, -0.15) is 13.2 Å². The van der Waals surface area contributed by atoms with E-state index in [4.69, 9.17) is 19.0 Å². The van der Waals surface area contributed by atoms with Crippen LogP contribution in [0.1, 0.15) is 44.2 Å². The number of carbonyl (C=O) groups excluding carboxylic acids is 4. The molecule has 5 rings (SSSR count). The number of nitrogens with one attached hydrogen (secondary N) is 1. The van der Waals surface area contributed by atoms with Crippen LogP contribution in [-0.4, -0.2) is 101 Å². The number of esters is 2. The van der Waals surface area contributed by atoms with Crippen LogP contribution in [0.4, 0.5) is 13.2 Å². The Labute approximate surface area is 244 Å². The average Bonchev–Trinajstić information content (AvgIpc) is 3.29. The van der Waals surface area contributed by atoms with Gasteiger partial charge in [-0.25, -0.2) is 4.79 Å². The number of hydrogen-bond donors (Lipinski definition) is 4. The van der Waals surface area contributed by atoms with Gasteiger partial charge < -0.3 is 39.7 Å². The number of aliphatic hydroxyl groups is 2. The van der Waals surface area contributed by atoms with Crippen molar-refractivity contribution in [1.29, 1.82) is 0 Å². The molecule has 1 amide bonds.